The molecule has 0 unspecified atom stereocenters. The number of halogens is 2. The predicted octanol–water partition coefficient (Wildman–Crippen LogP) is 3.67. The van der Waals surface area contributed by atoms with Gasteiger partial charge >= 0.3 is 0 Å². The lowest BCUT2D eigenvalue weighted by molar-refractivity contribution is 0.0938. The predicted molar refractivity (Wildman–Crippen MR) is 84.4 cm³/mol. The number of rotatable bonds is 4. The highest BCUT2D eigenvalue weighted by molar-refractivity contribution is 6.35. The highest BCUT2D eigenvalue weighted by Crippen LogP contribution is 2.27. The number of hydrogen-bond donors (Lipinski definition) is 2. The number of aromatic nitrogens is 2. The van der Waals surface area contributed by atoms with E-state index in [1.807, 2.05) is 13.8 Å². The molecular weight excluding hydrogens is 311 g/mol. The Bertz CT molecular complexity index is 661. The highest BCUT2D eigenvalue weighted by atomic mass is 35.5. The van der Waals surface area contributed by atoms with E-state index in [2.05, 4.69) is 20.6 Å². The van der Waals surface area contributed by atoms with Crippen molar-refractivity contribution >= 4 is 40.7 Å². The summed E-state index contributed by atoms with van der Waals surface area (Å²) in [6.45, 7) is 3.76. The minimum atomic E-state index is -0.257. The van der Waals surface area contributed by atoms with E-state index in [9.17, 15) is 4.79 Å². The van der Waals surface area contributed by atoms with E-state index in [-0.39, 0.29) is 23.6 Å². The van der Waals surface area contributed by atoms with Crippen molar-refractivity contribution in [2.45, 2.75) is 19.9 Å². The lowest BCUT2D eigenvalue weighted by Gasteiger charge is -2.10. The molecule has 0 spiro atoms. The fourth-order valence-corrected chi connectivity index (χ4v) is 1.93. The molecule has 0 saturated carbocycles. The fourth-order valence-electron chi connectivity index (χ4n) is 1.60. The van der Waals surface area contributed by atoms with Gasteiger partial charge in [-0.05, 0) is 38.1 Å². The van der Waals surface area contributed by atoms with Gasteiger partial charge in [-0.15, -0.1) is 0 Å². The number of nitrogens with one attached hydrogen (secondary N) is 2. The maximum atomic E-state index is 11.9. The van der Waals surface area contributed by atoms with Gasteiger partial charge < -0.3 is 10.6 Å². The van der Waals surface area contributed by atoms with Gasteiger partial charge in [0.2, 0.25) is 5.95 Å². The summed E-state index contributed by atoms with van der Waals surface area (Å²) in [5.74, 6) is 0.0169. The molecule has 0 fully saturated rings. The van der Waals surface area contributed by atoms with Crippen LogP contribution in [0.15, 0.2) is 30.5 Å². The van der Waals surface area contributed by atoms with Crippen LogP contribution in [-0.2, 0) is 0 Å². The van der Waals surface area contributed by atoms with Crippen molar-refractivity contribution in [2.75, 3.05) is 5.32 Å². The lowest BCUT2D eigenvalue weighted by Crippen LogP contribution is -2.30. The molecule has 0 aliphatic heterocycles. The molecule has 0 bridgehead atoms. The molecule has 0 saturated heterocycles. The summed E-state index contributed by atoms with van der Waals surface area (Å²) in [5, 5.41) is 6.73. The first-order valence-corrected chi connectivity index (χ1v) is 7.07. The largest absolute Gasteiger partial charge is 0.349 e. The topological polar surface area (TPSA) is 66.9 Å². The molecule has 2 rings (SSSR count). The van der Waals surface area contributed by atoms with Crippen LogP contribution in [0.1, 0.15) is 24.3 Å². The van der Waals surface area contributed by atoms with Gasteiger partial charge in [-0.2, -0.15) is 0 Å². The average molecular weight is 325 g/mol. The number of carbonyl (C=O) groups is 1. The van der Waals surface area contributed by atoms with Crippen molar-refractivity contribution in [3.05, 3.63) is 46.2 Å². The van der Waals surface area contributed by atoms with Crippen molar-refractivity contribution in [3.63, 3.8) is 0 Å². The number of hydrogen-bond acceptors (Lipinski definition) is 4. The van der Waals surface area contributed by atoms with Crippen molar-refractivity contribution in [2.24, 2.45) is 0 Å². The molecule has 1 aromatic heterocycles. The molecule has 0 aliphatic rings. The normalized spacial score (nSPS) is 10.5. The second kappa shape index (κ2) is 6.74. The average Bonchev–Trinajstić information content (AvgIpc) is 2.42. The molecule has 1 heterocycles. The SMILES string of the molecule is CC(C)NC(=O)c1ccnc(Nc2cc(Cl)ccc2Cl)n1. The zero-order valence-electron chi connectivity index (χ0n) is 11.5. The molecule has 110 valence electrons. The van der Waals surface area contributed by atoms with Crippen LogP contribution in [-0.4, -0.2) is 21.9 Å². The Morgan fingerprint density at radius 3 is 2.71 bits per heavy atom. The first kappa shape index (κ1) is 15.5. The van der Waals surface area contributed by atoms with E-state index in [0.29, 0.717) is 15.7 Å². The summed E-state index contributed by atoms with van der Waals surface area (Å²) in [6.07, 6.45) is 1.50. The van der Waals surface area contributed by atoms with Gasteiger partial charge in [0.1, 0.15) is 5.69 Å². The van der Waals surface area contributed by atoms with Crippen LogP contribution < -0.4 is 10.6 Å². The Morgan fingerprint density at radius 2 is 2.00 bits per heavy atom. The molecule has 2 aromatic rings. The van der Waals surface area contributed by atoms with Crippen molar-refractivity contribution in [1.82, 2.24) is 15.3 Å². The lowest BCUT2D eigenvalue weighted by atomic mass is 10.3. The second-order valence-electron chi connectivity index (χ2n) is 4.64. The Hall–Kier alpha value is -1.85. The summed E-state index contributed by atoms with van der Waals surface area (Å²) in [7, 11) is 0. The van der Waals surface area contributed by atoms with E-state index < -0.39 is 0 Å². The zero-order valence-corrected chi connectivity index (χ0v) is 13.0. The quantitative estimate of drug-likeness (QED) is 0.900. The first-order valence-electron chi connectivity index (χ1n) is 6.31. The van der Waals surface area contributed by atoms with Gasteiger partial charge in [0.15, 0.2) is 0 Å². The summed E-state index contributed by atoms with van der Waals surface area (Å²) in [6, 6.07) is 6.59. The Labute approximate surface area is 132 Å². The van der Waals surface area contributed by atoms with Gasteiger partial charge in [-0.3, -0.25) is 4.79 Å². The molecule has 2 N–H and O–H groups in total. The Morgan fingerprint density at radius 1 is 1.24 bits per heavy atom. The second-order valence-corrected chi connectivity index (χ2v) is 5.49. The van der Waals surface area contributed by atoms with Gasteiger partial charge in [0.25, 0.3) is 5.91 Å². The smallest absolute Gasteiger partial charge is 0.270 e. The molecule has 21 heavy (non-hydrogen) atoms. The number of nitrogens with zero attached hydrogens (tertiary/aromatic N) is 2. The fraction of sp³-hybridized carbons (Fsp3) is 0.214. The van der Waals surface area contributed by atoms with Crippen molar-refractivity contribution in [1.29, 1.82) is 0 Å². The number of carbonyl (C=O) groups excluding carboxylic acids is 1. The minimum absolute atomic E-state index is 0.0336. The summed E-state index contributed by atoms with van der Waals surface area (Å²) >= 11 is 12.0. The third kappa shape index (κ3) is 4.31. The van der Waals surface area contributed by atoms with Crippen molar-refractivity contribution in [3.8, 4) is 0 Å². The Balaban J connectivity index is 2.21. The zero-order chi connectivity index (χ0) is 15.4. The van der Waals surface area contributed by atoms with E-state index in [1.165, 1.54) is 6.20 Å². The van der Waals surface area contributed by atoms with Gasteiger partial charge in [-0.25, -0.2) is 9.97 Å². The Kier molecular flexibility index (Phi) is 4.98. The maximum absolute atomic E-state index is 11.9. The van der Waals surface area contributed by atoms with E-state index in [1.54, 1.807) is 24.3 Å². The molecule has 0 atom stereocenters. The van der Waals surface area contributed by atoms with Crippen LogP contribution >= 0.6 is 23.2 Å². The van der Waals surface area contributed by atoms with E-state index in [4.69, 9.17) is 23.2 Å². The van der Waals surface area contributed by atoms with Gasteiger partial charge in [-0.1, -0.05) is 23.2 Å². The number of benzene rings is 1. The van der Waals surface area contributed by atoms with Crippen LogP contribution in [0.5, 0.6) is 0 Å². The van der Waals surface area contributed by atoms with Crippen LogP contribution in [0.3, 0.4) is 0 Å². The van der Waals surface area contributed by atoms with E-state index >= 15 is 0 Å². The standard InChI is InChI=1S/C14H14Cl2N4O/c1-8(2)18-13(21)11-5-6-17-14(19-11)20-12-7-9(15)3-4-10(12)16/h3-8H,1-2H3,(H,18,21)(H,17,19,20). The monoisotopic (exact) mass is 324 g/mol. The third-order valence-corrected chi connectivity index (χ3v) is 3.05. The minimum Gasteiger partial charge on any atom is -0.349 e. The molecule has 5 nitrogen and oxygen atoms in total. The van der Waals surface area contributed by atoms with Crippen LogP contribution in [0, 0.1) is 0 Å². The van der Waals surface area contributed by atoms with Gasteiger partial charge in [0, 0.05) is 17.3 Å². The summed E-state index contributed by atoms with van der Waals surface area (Å²) < 4.78 is 0. The highest BCUT2D eigenvalue weighted by Gasteiger charge is 2.10. The van der Waals surface area contributed by atoms with Crippen molar-refractivity contribution < 1.29 is 4.79 Å². The third-order valence-electron chi connectivity index (χ3n) is 2.48. The van der Waals surface area contributed by atoms with Crippen LogP contribution in [0.25, 0.3) is 0 Å². The van der Waals surface area contributed by atoms with Gasteiger partial charge in [0.05, 0.1) is 10.7 Å². The number of amides is 1. The molecule has 0 radical (unpaired) electrons. The number of anilines is 2. The summed E-state index contributed by atoms with van der Waals surface area (Å²) in [4.78, 5) is 20.1. The molecule has 0 aliphatic carbocycles. The van der Waals surface area contributed by atoms with Crippen LogP contribution in [0.4, 0.5) is 11.6 Å². The van der Waals surface area contributed by atoms with Crippen LogP contribution in [0.2, 0.25) is 10.0 Å². The molecule has 7 heteroatoms. The first-order chi connectivity index (χ1) is 9.95. The molecule has 1 amide bonds. The maximum Gasteiger partial charge on any atom is 0.270 e. The summed E-state index contributed by atoms with van der Waals surface area (Å²) in [5.41, 5.74) is 0.852. The van der Waals surface area contributed by atoms with E-state index in [0.717, 1.165) is 0 Å². The molecular formula is C14H14Cl2N4O. The molecule has 1 aromatic carbocycles.